The molecular formula is C15H13ClN2O4. The number of nitro benzene ring substituents is 1. The monoisotopic (exact) mass is 320 g/mol. The first-order valence-electron chi connectivity index (χ1n) is 6.39. The molecule has 114 valence electrons. The third-order valence-corrected chi connectivity index (χ3v) is 3.20. The number of carbonyl (C=O) groups is 1. The zero-order chi connectivity index (χ0) is 16.1. The molecule has 22 heavy (non-hydrogen) atoms. The van der Waals surface area contributed by atoms with Crippen molar-refractivity contribution in [2.45, 2.75) is 13.5 Å². The molecule has 0 aliphatic rings. The van der Waals surface area contributed by atoms with E-state index < -0.39 is 4.92 Å². The predicted molar refractivity (Wildman–Crippen MR) is 83.2 cm³/mol. The SMILES string of the molecule is CC(=O)Nc1ccc(OCc2ccccc2Cl)cc1[N+](=O)[O-]. The number of benzene rings is 2. The highest BCUT2D eigenvalue weighted by molar-refractivity contribution is 6.31. The third-order valence-electron chi connectivity index (χ3n) is 2.83. The van der Waals surface area contributed by atoms with Crippen LogP contribution in [0.25, 0.3) is 0 Å². The number of ether oxygens (including phenoxy) is 1. The van der Waals surface area contributed by atoms with Gasteiger partial charge in [-0.05, 0) is 18.2 Å². The summed E-state index contributed by atoms with van der Waals surface area (Å²) in [6.45, 7) is 1.47. The number of hydrogen-bond acceptors (Lipinski definition) is 4. The molecule has 1 amide bonds. The Morgan fingerprint density at radius 3 is 2.68 bits per heavy atom. The fourth-order valence-corrected chi connectivity index (χ4v) is 2.01. The number of anilines is 1. The molecule has 6 nitrogen and oxygen atoms in total. The normalized spacial score (nSPS) is 10.1. The van der Waals surface area contributed by atoms with Crippen molar-refractivity contribution < 1.29 is 14.5 Å². The molecule has 2 rings (SSSR count). The maximum Gasteiger partial charge on any atom is 0.296 e. The molecule has 0 unspecified atom stereocenters. The minimum atomic E-state index is -0.576. The molecule has 0 aliphatic heterocycles. The minimum Gasteiger partial charge on any atom is -0.489 e. The van der Waals surface area contributed by atoms with Crippen molar-refractivity contribution in [3.05, 3.63) is 63.2 Å². The number of rotatable bonds is 5. The summed E-state index contributed by atoms with van der Waals surface area (Å²) in [5.41, 5.74) is 0.673. The smallest absolute Gasteiger partial charge is 0.296 e. The van der Waals surface area contributed by atoms with Gasteiger partial charge in [-0.25, -0.2) is 0 Å². The lowest BCUT2D eigenvalue weighted by molar-refractivity contribution is -0.384. The fraction of sp³-hybridized carbons (Fsp3) is 0.133. The molecule has 0 heterocycles. The lowest BCUT2D eigenvalue weighted by Crippen LogP contribution is -2.08. The van der Waals surface area contributed by atoms with Crippen LogP contribution in [0, 0.1) is 10.1 Å². The summed E-state index contributed by atoms with van der Waals surface area (Å²) < 4.78 is 5.52. The van der Waals surface area contributed by atoms with Crippen LogP contribution in [-0.2, 0) is 11.4 Å². The molecular weight excluding hydrogens is 308 g/mol. The van der Waals surface area contributed by atoms with E-state index in [2.05, 4.69) is 5.32 Å². The van der Waals surface area contributed by atoms with Crippen LogP contribution in [0.1, 0.15) is 12.5 Å². The van der Waals surface area contributed by atoms with E-state index >= 15 is 0 Å². The summed E-state index contributed by atoms with van der Waals surface area (Å²) in [5, 5.41) is 14.0. The van der Waals surface area contributed by atoms with Gasteiger partial charge in [0.05, 0.1) is 11.0 Å². The molecule has 0 aromatic heterocycles. The highest BCUT2D eigenvalue weighted by Gasteiger charge is 2.16. The Kier molecular flexibility index (Phi) is 4.95. The van der Waals surface area contributed by atoms with Gasteiger partial charge in [0.1, 0.15) is 18.0 Å². The van der Waals surface area contributed by atoms with Crippen LogP contribution >= 0.6 is 11.6 Å². The van der Waals surface area contributed by atoms with E-state index in [4.69, 9.17) is 16.3 Å². The van der Waals surface area contributed by atoms with Crippen molar-refractivity contribution >= 4 is 28.9 Å². The highest BCUT2D eigenvalue weighted by Crippen LogP contribution is 2.29. The Morgan fingerprint density at radius 1 is 1.32 bits per heavy atom. The maximum absolute atomic E-state index is 11.1. The molecule has 0 saturated carbocycles. The Balaban J connectivity index is 2.18. The standard InChI is InChI=1S/C15H13ClN2O4/c1-10(19)17-14-7-6-12(8-15(14)18(20)21)22-9-11-4-2-3-5-13(11)16/h2-8H,9H2,1H3,(H,17,19). The number of carbonyl (C=O) groups excluding carboxylic acids is 1. The van der Waals surface area contributed by atoms with E-state index in [0.29, 0.717) is 10.8 Å². The molecule has 0 atom stereocenters. The lowest BCUT2D eigenvalue weighted by atomic mass is 10.2. The summed E-state index contributed by atoms with van der Waals surface area (Å²) in [7, 11) is 0. The molecule has 0 aliphatic carbocycles. The first kappa shape index (κ1) is 15.8. The number of hydrogen-bond donors (Lipinski definition) is 1. The Morgan fingerprint density at radius 2 is 2.05 bits per heavy atom. The summed E-state index contributed by atoms with van der Waals surface area (Å²) >= 11 is 6.02. The van der Waals surface area contributed by atoms with Crippen LogP contribution in [0.3, 0.4) is 0 Å². The van der Waals surface area contributed by atoms with Gasteiger partial charge in [-0.15, -0.1) is 0 Å². The number of amides is 1. The van der Waals surface area contributed by atoms with E-state index in [1.165, 1.54) is 19.1 Å². The zero-order valence-corrected chi connectivity index (χ0v) is 12.5. The van der Waals surface area contributed by atoms with E-state index in [9.17, 15) is 14.9 Å². The van der Waals surface area contributed by atoms with E-state index in [1.54, 1.807) is 18.2 Å². The van der Waals surface area contributed by atoms with Crippen LogP contribution < -0.4 is 10.1 Å². The van der Waals surface area contributed by atoms with Crippen molar-refractivity contribution in [1.82, 2.24) is 0 Å². The van der Waals surface area contributed by atoms with Crippen molar-refractivity contribution in [3.63, 3.8) is 0 Å². The van der Waals surface area contributed by atoms with Gasteiger partial charge < -0.3 is 10.1 Å². The van der Waals surface area contributed by atoms with Gasteiger partial charge in [0, 0.05) is 17.5 Å². The summed E-state index contributed by atoms with van der Waals surface area (Å²) in [6.07, 6.45) is 0. The number of nitrogens with zero attached hydrogens (tertiary/aromatic N) is 1. The zero-order valence-electron chi connectivity index (χ0n) is 11.7. The largest absolute Gasteiger partial charge is 0.489 e. The minimum absolute atomic E-state index is 0.127. The molecule has 0 radical (unpaired) electrons. The molecule has 1 N–H and O–H groups in total. The van der Waals surface area contributed by atoms with Gasteiger partial charge in [0.25, 0.3) is 5.69 Å². The average molecular weight is 321 g/mol. The number of nitrogens with one attached hydrogen (secondary N) is 1. The van der Waals surface area contributed by atoms with Crippen molar-refractivity contribution in [2.24, 2.45) is 0 Å². The van der Waals surface area contributed by atoms with Gasteiger partial charge in [-0.1, -0.05) is 29.8 Å². The summed E-state index contributed by atoms with van der Waals surface area (Å²) in [5.74, 6) is -0.0615. The van der Waals surface area contributed by atoms with E-state index in [0.717, 1.165) is 5.56 Å². The Bertz CT molecular complexity index is 718. The molecule has 0 fully saturated rings. The second kappa shape index (κ2) is 6.91. The van der Waals surface area contributed by atoms with Crippen molar-refractivity contribution in [2.75, 3.05) is 5.32 Å². The molecule has 0 bridgehead atoms. The maximum atomic E-state index is 11.1. The van der Waals surface area contributed by atoms with Crippen LogP contribution in [0.5, 0.6) is 5.75 Å². The number of nitro groups is 1. The summed E-state index contributed by atoms with van der Waals surface area (Å²) in [6, 6.07) is 11.4. The first-order chi connectivity index (χ1) is 10.5. The van der Waals surface area contributed by atoms with Gasteiger partial charge in [0.15, 0.2) is 0 Å². The van der Waals surface area contributed by atoms with Crippen LogP contribution in [-0.4, -0.2) is 10.8 Å². The third kappa shape index (κ3) is 3.95. The Labute approximate surface area is 131 Å². The molecule has 7 heteroatoms. The quantitative estimate of drug-likeness (QED) is 0.671. The fourth-order valence-electron chi connectivity index (χ4n) is 1.82. The van der Waals surface area contributed by atoms with Gasteiger partial charge >= 0.3 is 0 Å². The molecule has 0 saturated heterocycles. The molecule has 0 spiro atoms. The van der Waals surface area contributed by atoms with Gasteiger partial charge in [-0.2, -0.15) is 0 Å². The van der Waals surface area contributed by atoms with Crippen LogP contribution in [0.4, 0.5) is 11.4 Å². The van der Waals surface area contributed by atoms with Crippen molar-refractivity contribution in [3.8, 4) is 5.75 Å². The van der Waals surface area contributed by atoms with E-state index in [-0.39, 0.29) is 23.9 Å². The average Bonchev–Trinajstić information content (AvgIpc) is 2.46. The highest BCUT2D eigenvalue weighted by atomic mass is 35.5. The lowest BCUT2D eigenvalue weighted by Gasteiger charge is -2.09. The molecule has 2 aromatic carbocycles. The Hall–Kier alpha value is -2.60. The predicted octanol–water partition coefficient (Wildman–Crippen LogP) is 3.79. The topological polar surface area (TPSA) is 81.5 Å². The second-order valence-electron chi connectivity index (χ2n) is 4.50. The van der Waals surface area contributed by atoms with Crippen LogP contribution in [0.2, 0.25) is 5.02 Å². The van der Waals surface area contributed by atoms with Crippen LogP contribution in [0.15, 0.2) is 42.5 Å². The number of halogens is 1. The first-order valence-corrected chi connectivity index (χ1v) is 6.77. The second-order valence-corrected chi connectivity index (χ2v) is 4.90. The summed E-state index contributed by atoms with van der Waals surface area (Å²) in [4.78, 5) is 21.5. The van der Waals surface area contributed by atoms with Gasteiger partial charge in [0.2, 0.25) is 5.91 Å². The molecule has 2 aromatic rings. The van der Waals surface area contributed by atoms with Gasteiger partial charge in [-0.3, -0.25) is 14.9 Å². The van der Waals surface area contributed by atoms with Crippen molar-refractivity contribution in [1.29, 1.82) is 0 Å². The van der Waals surface area contributed by atoms with E-state index in [1.807, 2.05) is 12.1 Å².